The fourth-order valence-electron chi connectivity index (χ4n) is 1.42. The molecule has 0 bridgehead atoms. The molecule has 0 aliphatic carbocycles. The molecule has 0 spiro atoms. The van der Waals surface area contributed by atoms with Crippen LogP contribution in [0, 0.1) is 5.82 Å². The molecule has 0 radical (unpaired) electrons. The molecule has 1 aromatic carbocycles. The molecule has 7 heteroatoms. The van der Waals surface area contributed by atoms with Gasteiger partial charge in [0.2, 0.25) is 5.91 Å². The fourth-order valence-corrected chi connectivity index (χ4v) is 1.42. The Morgan fingerprint density at radius 3 is 2.36 bits per heavy atom. The summed E-state index contributed by atoms with van der Waals surface area (Å²) >= 11 is 0. The van der Waals surface area contributed by atoms with E-state index in [1.54, 1.807) is 20.8 Å². The summed E-state index contributed by atoms with van der Waals surface area (Å²) in [7, 11) is 0. The molecule has 0 aliphatic heterocycles. The lowest BCUT2D eigenvalue weighted by Gasteiger charge is -2.19. The maximum Gasteiger partial charge on any atom is 0.408 e. The predicted octanol–water partition coefficient (Wildman–Crippen LogP) is 1.85. The highest BCUT2D eigenvalue weighted by molar-refractivity contribution is 5.82. The van der Waals surface area contributed by atoms with Crippen molar-refractivity contribution in [3.05, 3.63) is 30.1 Å². The third-order valence-electron chi connectivity index (χ3n) is 2.30. The lowest BCUT2D eigenvalue weighted by Crippen LogP contribution is -2.40. The van der Waals surface area contributed by atoms with Crippen molar-refractivity contribution in [3.8, 4) is 5.75 Å². The minimum absolute atomic E-state index is 0.175. The maximum absolute atomic E-state index is 12.7. The second-order valence-electron chi connectivity index (χ2n) is 5.51. The molecule has 0 fully saturated rings. The van der Waals surface area contributed by atoms with Crippen LogP contribution in [0.15, 0.2) is 24.3 Å². The minimum Gasteiger partial charge on any atom is -0.492 e. The van der Waals surface area contributed by atoms with E-state index in [1.165, 1.54) is 24.3 Å². The molecular formula is C15H21FN2O4. The van der Waals surface area contributed by atoms with Gasteiger partial charge in [0.1, 0.15) is 23.8 Å². The van der Waals surface area contributed by atoms with Crippen molar-refractivity contribution in [1.29, 1.82) is 0 Å². The van der Waals surface area contributed by atoms with Crippen LogP contribution in [0.25, 0.3) is 0 Å². The average molecular weight is 312 g/mol. The maximum atomic E-state index is 12.7. The van der Waals surface area contributed by atoms with E-state index in [0.29, 0.717) is 5.75 Å². The van der Waals surface area contributed by atoms with Gasteiger partial charge >= 0.3 is 6.09 Å². The molecule has 6 nitrogen and oxygen atoms in total. The van der Waals surface area contributed by atoms with Crippen molar-refractivity contribution in [2.45, 2.75) is 26.4 Å². The van der Waals surface area contributed by atoms with Crippen molar-refractivity contribution in [1.82, 2.24) is 10.6 Å². The van der Waals surface area contributed by atoms with Crippen molar-refractivity contribution < 1.29 is 23.5 Å². The van der Waals surface area contributed by atoms with Crippen LogP contribution in [0.1, 0.15) is 20.8 Å². The van der Waals surface area contributed by atoms with Crippen LogP contribution >= 0.6 is 0 Å². The van der Waals surface area contributed by atoms with Gasteiger partial charge in [0.15, 0.2) is 0 Å². The molecule has 1 rings (SSSR count). The summed E-state index contributed by atoms with van der Waals surface area (Å²) < 4.78 is 23.0. The van der Waals surface area contributed by atoms with Crippen molar-refractivity contribution >= 4 is 12.0 Å². The van der Waals surface area contributed by atoms with Gasteiger partial charge in [-0.25, -0.2) is 9.18 Å². The number of halogens is 1. The summed E-state index contributed by atoms with van der Waals surface area (Å²) in [4.78, 5) is 22.8. The SMILES string of the molecule is CC(C)(C)OC(=O)NCC(=O)NCCOc1ccc(F)cc1. The second-order valence-corrected chi connectivity index (χ2v) is 5.51. The molecule has 2 amide bonds. The Labute approximate surface area is 129 Å². The van der Waals surface area contributed by atoms with Gasteiger partial charge in [-0.2, -0.15) is 0 Å². The average Bonchev–Trinajstić information content (AvgIpc) is 2.41. The first-order valence-electron chi connectivity index (χ1n) is 6.88. The van der Waals surface area contributed by atoms with Crippen molar-refractivity contribution in [2.24, 2.45) is 0 Å². The Kier molecular flexibility index (Phi) is 6.62. The van der Waals surface area contributed by atoms with Gasteiger partial charge in [0.05, 0.1) is 13.1 Å². The largest absolute Gasteiger partial charge is 0.492 e. The lowest BCUT2D eigenvalue weighted by atomic mass is 10.2. The van der Waals surface area contributed by atoms with Gasteiger partial charge in [0.25, 0.3) is 0 Å². The summed E-state index contributed by atoms with van der Waals surface area (Å²) in [6.07, 6.45) is -0.648. The van der Waals surface area contributed by atoms with Crippen LogP contribution in [0.4, 0.5) is 9.18 Å². The van der Waals surface area contributed by atoms with E-state index in [1.807, 2.05) is 0 Å². The van der Waals surface area contributed by atoms with E-state index < -0.39 is 11.7 Å². The van der Waals surface area contributed by atoms with Gasteiger partial charge < -0.3 is 20.1 Å². The topological polar surface area (TPSA) is 76.7 Å². The summed E-state index contributed by atoms with van der Waals surface area (Å²) in [5, 5.41) is 4.92. The molecule has 0 aliphatic rings. The van der Waals surface area contributed by atoms with E-state index in [0.717, 1.165) is 0 Å². The monoisotopic (exact) mass is 312 g/mol. The van der Waals surface area contributed by atoms with Gasteiger partial charge in [-0.05, 0) is 45.0 Å². The number of carbonyl (C=O) groups is 2. The Balaban J connectivity index is 2.13. The minimum atomic E-state index is -0.648. The van der Waals surface area contributed by atoms with Gasteiger partial charge in [-0.15, -0.1) is 0 Å². The van der Waals surface area contributed by atoms with Crippen LogP contribution in [-0.2, 0) is 9.53 Å². The molecule has 0 saturated heterocycles. The molecular weight excluding hydrogens is 291 g/mol. The van der Waals surface area contributed by atoms with Crippen LogP contribution in [0.2, 0.25) is 0 Å². The Morgan fingerprint density at radius 2 is 1.77 bits per heavy atom. The number of hydrogen-bond acceptors (Lipinski definition) is 4. The second kappa shape index (κ2) is 8.21. The summed E-state index contributed by atoms with van der Waals surface area (Å²) in [5.74, 6) is -0.176. The summed E-state index contributed by atoms with van der Waals surface area (Å²) in [6, 6.07) is 5.58. The third-order valence-corrected chi connectivity index (χ3v) is 2.30. The zero-order valence-corrected chi connectivity index (χ0v) is 12.9. The zero-order valence-electron chi connectivity index (χ0n) is 12.9. The van der Waals surface area contributed by atoms with E-state index >= 15 is 0 Å². The Morgan fingerprint density at radius 1 is 1.14 bits per heavy atom. The molecule has 2 N–H and O–H groups in total. The molecule has 0 saturated carbocycles. The van der Waals surface area contributed by atoms with Crippen LogP contribution in [0.5, 0.6) is 5.75 Å². The summed E-state index contributed by atoms with van der Waals surface area (Å²) in [6.45, 7) is 5.54. The van der Waals surface area contributed by atoms with Crippen LogP contribution in [-0.4, -0.2) is 37.3 Å². The van der Waals surface area contributed by atoms with Gasteiger partial charge in [-0.3, -0.25) is 4.79 Å². The van der Waals surface area contributed by atoms with Crippen molar-refractivity contribution in [2.75, 3.05) is 19.7 Å². The quantitative estimate of drug-likeness (QED) is 0.786. The first kappa shape index (κ1) is 17.7. The number of amides is 2. The number of carbonyl (C=O) groups excluding carboxylic acids is 2. The predicted molar refractivity (Wildman–Crippen MR) is 79.1 cm³/mol. The van der Waals surface area contributed by atoms with Crippen LogP contribution in [0.3, 0.4) is 0 Å². The van der Waals surface area contributed by atoms with Crippen molar-refractivity contribution in [3.63, 3.8) is 0 Å². The fraction of sp³-hybridized carbons (Fsp3) is 0.467. The first-order valence-corrected chi connectivity index (χ1v) is 6.88. The highest BCUT2D eigenvalue weighted by Crippen LogP contribution is 2.10. The molecule has 22 heavy (non-hydrogen) atoms. The number of ether oxygens (including phenoxy) is 2. The van der Waals surface area contributed by atoms with E-state index in [9.17, 15) is 14.0 Å². The third kappa shape index (κ3) is 8.08. The smallest absolute Gasteiger partial charge is 0.408 e. The Hall–Kier alpha value is -2.31. The molecule has 1 aromatic rings. The Bertz CT molecular complexity index is 497. The van der Waals surface area contributed by atoms with E-state index in [4.69, 9.17) is 9.47 Å². The summed E-state index contributed by atoms with van der Waals surface area (Å²) in [5.41, 5.74) is -0.608. The number of alkyl carbamates (subject to hydrolysis) is 1. The number of benzene rings is 1. The van der Waals surface area contributed by atoms with E-state index in [2.05, 4.69) is 10.6 Å². The number of nitrogens with one attached hydrogen (secondary N) is 2. The van der Waals surface area contributed by atoms with Crippen LogP contribution < -0.4 is 15.4 Å². The highest BCUT2D eigenvalue weighted by Gasteiger charge is 2.16. The molecule has 0 atom stereocenters. The zero-order chi connectivity index (χ0) is 16.6. The first-order chi connectivity index (χ1) is 10.3. The lowest BCUT2D eigenvalue weighted by molar-refractivity contribution is -0.120. The molecule has 0 unspecified atom stereocenters. The molecule has 0 heterocycles. The highest BCUT2D eigenvalue weighted by atomic mass is 19.1. The molecule has 122 valence electrons. The van der Waals surface area contributed by atoms with E-state index in [-0.39, 0.29) is 31.4 Å². The standard InChI is InChI=1S/C15H21FN2O4/c1-15(2,3)22-14(20)18-10-13(19)17-8-9-21-12-6-4-11(16)5-7-12/h4-7H,8-10H2,1-3H3,(H,17,19)(H,18,20). The number of hydrogen-bond donors (Lipinski definition) is 2. The van der Waals surface area contributed by atoms with Gasteiger partial charge in [0, 0.05) is 0 Å². The van der Waals surface area contributed by atoms with Gasteiger partial charge in [-0.1, -0.05) is 0 Å². The number of rotatable bonds is 6. The molecule has 0 aromatic heterocycles. The normalized spacial score (nSPS) is 10.7.